The first-order valence-electron chi connectivity index (χ1n) is 6.93. The summed E-state index contributed by atoms with van der Waals surface area (Å²) in [5.41, 5.74) is 0.478. The SMILES string of the molecule is CC(C)OC(=O)/C(C#N)=C\c1cc(Cl)c2c(c1)OCCCO2. The summed E-state index contributed by atoms with van der Waals surface area (Å²) in [5.74, 6) is 0.325. The van der Waals surface area contributed by atoms with E-state index in [1.807, 2.05) is 6.07 Å². The van der Waals surface area contributed by atoms with Gasteiger partial charge in [0.1, 0.15) is 11.6 Å². The van der Waals surface area contributed by atoms with Crippen LogP contribution in [-0.2, 0) is 9.53 Å². The minimum Gasteiger partial charge on any atom is -0.489 e. The molecule has 0 unspecified atom stereocenters. The first-order valence-corrected chi connectivity index (χ1v) is 7.31. The van der Waals surface area contributed by atoms with Crippen molar-refractivity contribution in [2.75, 3.05) is 13.2 Å². The molecule has 0 aromatic heterocycles. The van der Waals surface area contributed by atoms with Crippen molar-refractivity contribution in [1.29, 1.82) is 5.26 Å². The lowest BCUT2D eigenvalue weighted by atomic mass is 10.1. The largest absolute Gasteiger partial charge is 0.489 e. The van der Waals surface area contributed by atoms with Crippen LogP contribution >= 0.6 is 11.6 Å². The number of fused-ring (bicyclic) bond motifs is 1. The molecule has 0 spiro atoms. The average molecular weight is 322 g/mol. The van der Waals surface area contributed by atoms with Crippen LogP contribution in [0, 0.1) is 11.3 Å². The predicted octanol–water partition coefficient (Wildman–Crippen LogP) is 3.36. The summed E-state index contributed by atoms with van der Waals surface area (Å²) in [5, 5.41) is 9.49. The van der Waals surface area contributed by atoms with Crippen LogP contribution in [0.1, 0.15) is 25.8 Å². The molecule has 1 aliphatic heterocycles. The molecule has 0 bridgehead atoms. The van der Waals surface area contributed by atoms with E-state index in [2.05, 4.69) is 0 Å². The average Bonchev–Trinajstić information content (AvgIpc) is 2.69. The van der Waals surface area contributed by atoms with Crippen molar-refractivity contribution in [2.45, 2.75) is 26.4 Å². The highest BCUT2D eigenvalue weighted by molar-refractivity contribution is 6.32. The van der Waals surface area contributed by atoms with E-state index in [-0.39, 0.29) is 11.7 Å². The summed E-state index contributed by atoms with van der Waals surface area (Å²) in [7, 11) is 0. The number of benzene rings is 1. The Morgan fingerprint density at radius 1 is 1.41 bits per heavy atom. The molecule has 5 nitrogen and oxygen atoms in total. The van der Waals surface area contributed by atoms with Crippen LogP contribution in [0.25, 0.3) is 6.08 Å². The summed E-state index contributed by atoms with van der Waals surface area (Å²) < 4.78 is 16.1. The molecular formula is C16H16ClNO4. The van der Waals surface area contributed by atoms with Gasteiger partial charge in [0.05, 0.1) is 24.3 Å². The van der Waals surface area contributed by atoms with Crippen molar-refractivity contribution < 1.29 is 19.0 Å². The third kappa shape index (κ3) is 3.92. The van der Waals surface area contributed by atoms with Crippen LogP contribution in [0.15, 0.2) is 17.7 Å². The van der Waals surface area contributed by atoms with E-state index in [0.29, 0.717) is 35.3 Å². The van der Waals surface area contributed by atoms with Gasteiger partial charge in [-0.3, -0.25) is 0 Å². The number of rotatable bonds is 3. The zero-order chi connectivity index (χ0) is 16.1. The van der Waals surface area contributed by atoms with Gasteiger partial charge in [-0.2, -0.15) is 5.26 Å². The minimum atomic E-state index is -0.666. The van der Waals surface area contributed by atoms with E-state index >= 15 is 0 Å². The molecule has 6 heteroatoms. The highest BCUT2D eigenvalue weighted by Crippen LogP contribution is 2.38. The fourth-order valence-corrected chi connectivity index (χ4v) is 2.19. The number of nitriles is 1. The summed E-state index contributed by atoms with van der Waals surface area (Å²) in [6.07, 6.45) is 1.89. The zero-order valence-electron chi connectivity index (χ0n) is 12.4. The van der Waals surface area contributed by atoms with Crippen molar-refractivity contribution >= 4 is 23.6 Å². The monoisotopic (exact) mass is 321 g/mol. The van der Waals surface area contributed by atoms with Gasteiger partial charge in [-0.1, -0.05) is 11.6 Å². The standard InChI is InChI=1S/C16H16ClNO4/c1-10(2)22-16(19)12(9-18)6-11-7-13(17)15-14(8-11)20-4-3-5-21-15/h6-8,10H,3-5H2,1-2H3/b12-6-. The Bertz CT molecular complexity index is 646. The summed E-state index contributed by atoms with van der Waals surface area (Å²) >= 11 is 6.18. The van der Waals surface area contributed by atoms with E-state index < -0.39 is 5.97 Å². The molecule has 116 valence electrons. The number of nitrogens with zero attached hydrogens (tertiary/aromatic N) is 1. The Balaban J connectivity index is 2.34. The zero-order valence-corrected chi connectivity index (χ0v) is 13.1. The van der Waals surface area contributed by atoms with E-state index in [4.69, 9.17) is 31.1 Å². The van der Waals surface area contributed by atoms with E-state index in [9.17, 15) is 4.79 Å². The molecule has 0 saturated heterocycles. The Kier molecular flexibility index (Phi) is 5.29. The second kappa shape index (κ2) is 7.19. The highest BCUT2D eigenvalue weighted by Gasteiger charge is 2.17. The van der Waals surface area contributed by atoms with E-state index in [1.54, 1.807) is 26.0 Å². The van der Waals surface area contributed by atoms with Crippen LogP contribution in [0.5, 0.6) is 11.5 Å². The van der Waals surface area contributed by atoms with Gasteiger partial charge in [-0.05, 0) is 37.6 Å². The Morgan fingerprint density at radius 2 is 2.14 bits per heavy atom. The maximum Gasteiger partial charge on any atom is 0.349 e. The van der Waals surface area contributed by atoms with Gasteiger partial charge in [0, 0.05) is 6.42 Å². The third-order valence-corrected chi connectivity index (χ3v) is 3.10. The molecule has 0 aliphatic carbocycles. The molecule has 0 N–H and O–H groups in total. The van der Waals surface area contributed by atoms with E-state index in [0.717, 1.165) is 6.42 Å². The lowest BCUT2D eigenvalue weighted by molar-refractivity contribution is -0.142. The van der Waals surface area contributed by atoms with Crippen LogP contribution < -0.4 is 9.47 Å². The number of halogens is 1. The Hall–Kier alpha value is -2.19. The number of esters is 1. The minimum absolute atomic E-state index is 0.0979. The fourth-order valence-electron chi connectivity index (χ4n) is 1.92. The van der Waals surface area contributed by atoms with E-state index in [1.165, 1.54) is 6.08 Å². The van der Waals surface area contributed by atoms with Gasteiger partial charge in [0.2, 0.25) is 0 Å². The lowest BCUT2D eigenvalue weighted by Crippen LogP contribution is -2.12. The van der Waals surface area contributed by atoms with Crippen molar-refractivity contribution in [2.24, 2.45) is 0 Å². The number of ether oxygens (including phenoxy) is 3. The summed E-state index contributed by atoms with van der Waals surface area (Å²) in [6, 6.07) is 5.15. The van der Waals surface area contributed by atoms with Gasteiger partial charge < -0.3 is 14.2 Å². The van der Waals surface area contributed by atoms with Crippen molar-refractivity contribution in [3.8, 4) is 17.6 Å². The Labute approximate surface area is 134 Å². The number of hydrogen-bond acceptors (Lipinski definition) is 5. The third-order valence-electron chi connectivity index (χ3n) is 2.82. The molecule has 22 heavy (non-hydrogen) atoms. The quantitative estimate of drug-likeness (QED) is 0.485. The second-order valence-corrected chi connectivity index (χ2v) is 5.41. The summed E-state index contributed by atoms with van der Waals surface area (Å²) in [4.78, 5) is 11.8. The number of carbonyl (C=O) groups excluding carboxylic acids is 1. The van der Waals surface area contributed by atoms with Crippen molar-refractivity contribution in [1.82, 2.24) is 0 Å². The van der Waals surface area contributed by atoms with Gasteiger partial charge in [-0.25, -0.2) is 4.79 Å². The van der Waals surface area contributed by atoms with Gasteiger partial charge in [-0.15, -0.1) is 0 Å². The normalized spacial score (nSPS) is 14.2. The molecule has 1 heterocycles. The first kappa shape index (κ1) is 16.2. The smallest absolute Gasteiger partial charge is 0.349 e. The number of carbonyl (C=O) groups is 1. The molecule has 0 radical (unpaired) electrons. The molecule has 1 aromatic carbocycles. The van der Waals surface area contributed by atoms with Crippen LogP contribution in [0.2, 0.25) is 5.02 Å². The lowest BCUT2D eigenvalue weighted by Gasteiger charge is -2.10. The number of hydrogen-bond donors (Lipinski definition) is 0. The first-order chi connectivity index (χ1) is 10.5. The molecule has 1 aromatic rings. The topological polar surface area (TPSA) is 68.6 Å². The van der Waals surface area contributed by atoms with Crippen LogP contribution in [0.3, 0.4) is 0 Å². The summed E-state index contributed by atoms with van der Waals surface area (Å²) in [6.45, 7) is 4.50. The second-order valence-electron chi connectivity index (χ2n) is 5.00. The van der Waals surface area contributed by atoms with Crippen LogP contribution in [0.4, 0.5) is 0 Å². The molecule has 0 amide bonds. The fraction of sp³-hybridized carbons (Fsp3) is 0.375. The van der Waals surface area contributed by atoms with Gasteiger partial charge in [0.15, 0.2) is 11.5 Å². The molecule has 0 saturated carbocycles. The van der Waals surface area contributed by atoms with Crippen molar-refractivity contribution in [3.05, 3.63) is 28.3 Å². The molecule has 0 fully saturated rings. The Morgan fingerprint density at radius 3 is 2.82 bits per heavy atom. The molecule has 2 rings (SSSR count). The molecule has 0 atom stereocenters. The molecular weight excluding hydrogens is 306 g/mol. The van der Waals surface area contributed by atoms with Gasteiger partial charge >= 0.3 is 5.97 Å². The maximum absolute atomic E-state index is 11.8. The molecule has 1 aliphatic rings. The predicted molar refractivity (Wildman–Crippen MR) is 81.9 cm³/mol. The van der Waals surface area contributed by atoms with Gasteiger partial charge in [0.25, 0.3) is 0 Å². The van der Waals surface area contributed by atoms with Crippen molar-refractivity contribution in [3.63, 3.8) is 0 Å². The highest BCUT2D eigenvalue weighted by atomic mass is 35.5. The van der Waals surface area contributed by atoms with Crippen LogP contribution in [-0.4, -0.2) is 25.3 Å². The maximum atomic E-state index is 11.8.